The number of nitrogens with one attached hydrogen (secondary N) is 1. The fourth-order valence-electron chi connectivity index (χ4n) is 2.36. The highest BCUT2D eigenvalue weighted by Gasteiger charge is 2.24. The summed E-state index contributed by atoms with van der Waals surface area (Å²) in [7, 11) is 0. The zero-order chi connectivity index (χ0) is 8.97. The maximum atomic E-state index is 3.46. The summed E-state index contributed by atoms with van der Waals surface area (Å²) in [5.41, 5.74) is 0. The summed E-state index contributed by atoms with van der Waals surface area (Å²) in [6.45, 7) is 9.36. The van der Waals surface area contributed by atoms with E-state index in [1.54, 1.807) is 0 Å². The third-order valence-corrected chi connectivity index (χ3v) is 3.27. The van der Waals surface area contributed by atoms with Crippen LogP contribution < -0.4 is 5.32 Å². The van der Waals surface area contributed by atoms with E-state index in [4.69, 9.17) is 0 Å². The maximum absolute atomic E-state index is 3.46. The predicted octanol–water partition coefficient (Wildman–Crippen LogP) is 2.67. The van der Waals surface area contributed by atoms with Gasteiger partial charge in [0.15, 0.2) is 0 Å². The van der Waals surface area contributed by atoms with Crippen molar-refractivity contribution in [2.24, 2.45) is 17.8 Å². The molecular formula is C11H23N. The van der Waals surface area contributed by atoms with Gasteiger partial charge in [0.25, 0.3) is 0 Å². The summed E-state index contributed by atoms with van der Waals surface area (Å²) in [6.07, 6.45) is 4.33. The predicted molar refractivity (Wildman–Crippen MR) is 54.2 cm³/mol. The monoisotopic (exact) mass is 169 g/mol. The maximum Gasteiger partial charge on any atom is -0.00181 e. The van der Waals surface area contributed by atoms with E-state index in [2.05, 4.69) is 26.1 Å². The Labute approximate surface area is 76.9 Å². The molecule has 0 spiro atoms. The molecule has 1 aliphatic carbocycles. The lowest BCUT2D eigenvalue weighted by molar-refractivity contribution is 0.201. The summed E-state index contributed by atoms with van der Waals surface area (Å²) >= 11 is 0. The SMILES string of the molecule is CCNCC1CCC(C)CC1C. The van der Waals surface area contributed by atoms with Crippen molar-refractivity contribution in [3.8, 4) is 0 Å². The van der Waals surface area contributed by atoms with Crippen LogP contribution in [0.3, 0.4) is 0 Å². The zero-order valence-corrected chi connectivity index (χ0v) is 8.77. The summed E-state index contributed by atoms with van der Waals surface area (Å²) in [5.74, 6) is 2.85. The number of hydrogen-bond acceptors (Lipinski definition) is 1. The second-order valence-electron chi connectivity index (χ2n) is 4.46. The fourth-order valence-corrected chi connectivity index (χ4v) is 2.36. The molecule has 1 saturated carbocycles. The van der Waals surface area contributed by atoms with Gasteiger partial charge in [-0.25, -0.2) is 0 Å². The van der Waals surface area contributed by atoms with Crippen LogP contribution in [-0.4, -0.2) is 13.1 Å². The second-order valence-corrected chi connectivity index (χ2v) is 4.46. The molecule has 0 heterocycles. The molecule has 1 nitrogen and oxygen atoms in total. The highest BCUT2D eigenvalue weighted by atomic mass is 14.8. The first-order chi connectivity index (χ1) is 5.74. The van der Waals surface area contributed by atoms with Crippen LogP contribution >= 0.6 is 0 Å². The molecule has 1 aliphatic rings. The molecule has 0 saturated heterocycles. The van der Waals surface area contributed by atoms with Crippen molar-refractivity contribution in [2.45, 2.75) is 40.0 Å². The average Bonchev–Trinajstić information content (AvgIpc) is 2.03. The number of rotatable bonds is 3. The Morgan fingerprint density at radius 3 is 2.58 bits per heavy atom. The Balaban J connectivity index is 2.25. The molecule has 1 fully saturated rings. The van der Waals surface area contributed by atoms with Gasteiger partial charge in [-0.3, -0.25) is 0 Å². The van der Waals surface area contributed by atoms with Crippen LogP contribution in [0.1, 0.15) is 40.0 Å². The molecule has 72 valence electrons. The van der Waals surface area contributed by atoms with Crippen molar-refractivity contribution >= 4 is 0 Å². The zero-order valence-electron chi connectivity index (χ0n) is 8.77. The first-order valence-electron chi connectivity index (χ1n) is 5.44. The molecule has 0 amide bonds. The molecule has 1 heteroatoms. The minimum atomic E-state index is 0.938. The molecule has 1 N–H and O–H groups in total. The molecule has 0 bridgehead atoms. The van der Waals surface area contributed by atoms with E-state index >= 15 is 0 Å². The molecule has 0 aromatic heterocycles. The molecule has 0 aromatic rings. The fraction of sp³-hybridized carbons (Fsp3) is 1.00. The van der Waals surface area contributed by atoms with E-state index in [0.29, 0.717) is 0 Å². The van der Waals surface area contributed by atoms with Gasteiger partial charge >= 0.3 is 0 Å². The highest BCUT2D eigenvalue weighted by Crippen LogP contribution is 2.32. The van der Waals surface area contributed by atoms with Crippen LogP contribution in [0.5, 0.6) is 0 Å². The van der Waals surface area contributed by atoms with Crippen molar-refractivity contribution in [1.29, 1.82) is 0 Å². The van der Waals surface area contributed by atoms with Gasteiger partial charge < -0.3 is 5.32 Å². The van der Waals surface area contributed by atoms with E-state index in [-0.39, 0.29) is 0 Å². The minimum absolute atomic E-state index is 0.938. The van der Waals surface area contributed by atoms with Crippen molar-refractivity contribution in [3.63, 3.8) is 0 Å². The standard InChI is InChI=1S/C11H23N/c1-4-12-8-11-6-5-9(2)7-10(11)3/h9-12H,4-8H2,1-3H3. The molecule has 12 heavy (non-hydrogen) atoms. The molecule has 3 atom stereocenters. The lowest BCUT2D eigenvalue weighted by Crippen LogP contribution is -2.31. The minimum Gasteiger partial charge on any atom is -0.317 e. The van der Waals surface area contributed by atoms with Gasteiger partial charge in [0.2, 0.25) is 0 Å². The summed E-state index contributed by atoms with van der Waals surface area (Å²) in [6, 6.07) is 0. The Morgan fingerprint density at radius 1 is 1.25 bits per heavy atom. The van der Waals surface area contributed by atoms with Crippen molar-refractivity contribution in [1.82, 2.24) is 5.32 Å². The smallest absolute Gasteiger partial charge is 0.00181 e. The molecule has 0 radical (unpaired) electrons. The van der Waals surface area contributed by atoms with Gasteiger partial charge in [0.1, 0.15) is 0 Å². The normalized spacial score (nSPS) is 36.8. The quantitative estimate of drug-likeness (QED) is 0.685. The van der Waals surface area contributed by atoms with Crippen molar-refractivity contribution in [2.75, 3.05) is 13.1 Å². The first-order valence-corrected chi connectivity index (χ1v) is 5.44. The van der Waals surface area contributed by atoms with E-state index in [1.165, 1.54) is 25.8 Å². The Morgan fingerprint density at radius 2 is 2.00 bits per heavy atom. The highest BCUT2D eigenvalue weighted by molar-refractivity contribution is 4.76. The Hall–Kier alpha value is -0.0400. The van der Waals surface area contributed by atoms with E-state index in [9.17, 15) is 0 Å². The largest absolute Gasteiger partial charge is 0.317 e. The van der Waals surface area contributed by atoms with Gasteiger partial charge in [0.05, 0.1) is 0 Å². The summed E-state index contributed by atoms with van der Waals surface area (Å²) in [4.78, 5) is 0. The van der Waals surface area contributed by atoms with Crippen LogP contribution in [-0.2, 0) is 0 Å². The number of hydrogen-bond donors (Lipinski definition) is 1. The van der Waals surface area contributed by atoms with Crippen LogP contribution in [0.15, 0.2) is 0 Å². The topological polar surface area (TPSA) is 12.0 Å². The third-order valence-electron chi connectivity index (χ3n) is 3.27. The van der Waals surface area contributed by atoms with Gasteiger partial charge in [-0.2, -0.15) is 0 Å². The van der Waals surface area contributed by atoms with E-state index in [0.717, 1.165) is 24.3 Å². The van der Waals surface area contributed by atoms with Gasteiger partial charge in [-0.05, 0) is 43.7 Å². The van der Waals surface area contributed by atoms with E-state index < -0.39 is 0 Å². The van der Waals surface area contributed by atoms with E-state index in [1.807, 2.05) is 0 Å². The molecule has 0 aromatic carbocycles. The van der Waals surface area contributed by atoms with Gasteiger partial charge in [-0.1, -0.05) is 27.2 Å². The third kappa shape index (κ3) is 2.78. The van der Waals surface area contributed by atoms with Crippen LogP contribution in [0, 0.1) is 17.8 Å². The molecular weight excluding hydrogens is 146 g/mol. The lowest BCUT2D eigenvalue weighted by Gasteiger charge is -2.32. The van der Waals surface area contributed by atoms with Crippen LogP contribution in [0.25, 0.3) is 0 Å². The van der Waals surface area contributed by atoms with Crippen LogP contribution in [0.2, 0.25) is 0 Å². The average molecular weight is 169 g/mol. The summed E-state index contributed by atoms with van der Waals surface area (Å²) in [5, 5.41) is 3.46. The lowest BCUT2D eigenvalue weighted by atomic mass is 9.75. The second kappa shape index (κ2) is 4.86. The van der Waals surface area contributed by atoms with Crippen molar-refractivity contribution in [3.05, 3.63) is 0 Å². The Bertz CT molecular complexity index is 120. The Kier molecular flexibility index (Phi) is 4.07. The van der Waals surface area contributed by atoms with Crippen molar-refractivity contribution < 1.29 is 0 Å². The molecule has 3 unspecified atom stereocenters. The molecule has 1 rings (SSSR count). The van der Waals surface area contributed by atoms with Crippen LogP contribution in [0.4, 0.5) is 0 Å². The molecule has 0 aliphatic heterocycles. The van der Waals surface area contributed by atoms with Gasteiger partial charge in [0, 0.05) is 0 Å². The summed E-state index contributed by atoms with van der Waals surface area (Å²) < 4.78 is 0. The first kappa shape index (κ1) is 10.0. The van der Waals surface area contributed by atoms with Gasteiger partial charge in [-0.15, -0.1) is 0 Å².